The molecule has 7 nitrogen and oxygen atoms in total. The Morgan fingerprint density at radius 3 is 2.67 bits per heavy atom. The zero-order chi connectivity index (χ0) is 17.7. The first kappa shape index (κ1) is 17.5. The van der Waals surface area contributed by atoms with Crippen molar-refractivity contribution in [1.82, 2.24) is 4.72 Å². The summed E-state index contributed by atoms with van der Waals surface area (Å²) in [4.78, 5) is 10.8. The van der Waals surface area contributed by atoms with Crippen LogP contribution < -0.4 is 9.46 Å². The van der Waals surface area contributed by atoms with E-state index < -0.39 is 16.0 Å². The molecule has 0 aliphatic carbocycles. The summed E-state index contributed by atoms with van der Waals surface area (Å²) in [5.74, 6) is -1.03. The number of nitrogens with one attached hydrogen (secondary N) is 1. The van der Waals surface area contributed by atoms with Crippen LogP contribution >= 0.6 is 0 Å². The van der Waals surface area contributed by atoms with E-state index in [4.69, 9.17) is 15.1 Å². The molecule has 0 radical (unpaired) electrons. The maximum absolute atomic E-state index is 12.4. The summed E-state index contributed by atoms with van der Waals surface area (Å²) in [6.45, 7) is -0.0768. The molecule has 0 atom stereocenters. The first-order valence-electron chi connectivity index (χ1n) is 6.77. The highest BCUT2D eigenvalue weighted by Crippen LogP contribution is 2.24. The molecule has 0 aromatic heterocycles. The van der Waals surface area contributed by atoms with Crippen LogP contribution in [0.5, 0.6) is 5.75 Å². The largest absolute Gasteiger partial charge is 0.495 e. The number of benzene rings is 2. The molecular formula is C16H14N2O5S. The topological polar surface area (TPSA) is 116 Å². The van der Waals surface area contributed by atoms with Gasteiger partial charge in [0, 0.05) is 6.54 Å². The van der Waals surface area contributed by atoms with Gasteiger partial charge in [-0.15, -0.1) is 0 Å². The number of carboxylic acids is 1. The molecule has 0 saturated carbocycles. The predicted molar refractivity (Wildman–Crippen MR) is 85.1 cm³/mol. The van der Waals surface area contributed by atoms with Gasteiger partial charge in [-0.2, -0.15) is 5.26 Å². The summed E-state index contributed by atoms with van der Waals surface area (Å²) < 4.78 is 32.2. The molecule has 0 spiro atoms. The summed E-state index contributed by atoms with van der Waals surface area (Å²) in [5.41, 5.74) is 0.855. The van der Waals surface area contributed by atoms with E-state index in [-0.39, 0.29) is 28.3 Å². The molecule has 2 aromatic rings. The van der Waals surface area contributed by atoms with Gasteiger partial charge in [0.05, 0.1) is 24.3 Å². The molecule has 0 fully saturated rings. The van der Waals surface area contributed by atoms with Crippen molar-refractivity contribution < 1.29 is 23.1 Å². The molecule has 0 aliphatic rings. The average Bonchev–Trinajstić information content (AvgIpc) is 2.59. The van der Waals surface area contributed by atoms with E-state index in [1.807, 2.05) is 6.07 Å². The maximum atomic E-state index is 12.4. The molecule has 24 heavy (non-hydrogen) atoms. The molecule has 0 bridgehead atoms. The highest BCUT2D eigenvalue weighted by atomic mass is 32.2. The number of hydrogen-bond donors (Lipinski definition) is 2. The van der Waals surface area contributed by atoms with Gasteiger partial charge in [-0.25, -0.2) is 17.9 Å². The number of nitriles is 1. The summed E-state index contributed by atoms with van der Waals surface area (Å²) in [5, 5.41) is 17.8. The van der Waals surface area contributed by atoms with Crippen LogP contribution in [0.3, 0.4) is 0 Å². The Morgan fingerprint density at radius 2 is 2.04 bits per heavy atom. The van der Waals surface area contributed by atoms with E-state index in [9.17, 15) is 13.2 Å². The summed E-state index contributed by atoms with van der Waals surface area (Å²) in [7, 11) is -2.58. The lowest BCUT2D eigenvalue weighted by Crippen LogP contribution is -2.24. The SMILES string of the molecule is COc1cc(C#N)ccc1S(=O)(=O)NCc1cccc(C(=O)O)c1. The number of methoxy groups -OCH3 is 1. The summed E-state index contributed by atoms with van der Waals surface area (Å²) in [6, 6.07) is 11.9. The van der Waals surface area contributed by atoms with Gasteiger partial charge < -0.3 is 9.84 Å². The Kier molecular flexibility index (Phi) is 5.18. The fraction of sp³-hybridized carbons (Fsp3) is 0.125. The molecule has 2 rings (SSSR count). The molecule has 124 valence electrons. The number of hydrogen-bond acceptors (Lipinski definition) is 5. The second-order valence-corrected chi connectivity index (χ2v) is 6.54. The molecule has 2 N–H and O–H groups in total. The zero-order valence-electron chi connectivity index (χ0n) is 12.7. The van der Waals surface area contributed by atoms with Crippen molar-refractivity contribution in [2.75, 3.05) is 7.11 Å². The lowest BCUT2D eigenvalue weighted by Gasteiger charge is -2.11. The minimum atomic E-state index is -3.89. The fourth-order valence-electron chi connectivity index (χ4n) is 2.03. The predicted octanol–water partition coefficient (Wildman–Crippen LogP) is 1.74. The van der Waals surface area contributed by atoms with Gasteiger partial charge in [-0.05, 0) is 35.9 Å². The van der Waals surface area contributed by atoms with Crippen molar-refractivity contribution in [1.29, 1.82) is 5.26 Å². The van der Waals surface area contributed by atoms with Crippen LogP contribution in [0.2, 0.25) is 0 Å². The van der Waals surface area contributed by atoms with Gasteiger partial charge in [-0.3, -0.25) is 0 Å². The molecule has 0 heterocycles. The van der Waals surface area contributed by atoms with Crippen LogP contribution in [-0.2, 0) is 16.6 Å². The Bertz CT molecular complexity index is 916. The number of carboxylic acid groups (broad SMARTS) is 1. The monoisotopic (exact) mass is 346 g/mol. The van der Waals surface area contributed by atoms with Gasteiger partial charge in [0.15, 0.2) is 0 Å². The highest BCUT2D eigenvalue weighted by Gasteiger charge is 2.19. The van der Waals surface area contributed by atoms with Gasteiger partial charge in [-0.1, -0.05) is 12.1 Å². The van der Waals surface area contributed by atoms with Crippen molar-refractivity contribution >= 4 is 16.0 Å². The van der Waals surface area contributed by atoms with E-state index in [1.54, 1.807) is 6.07 Å². The van der Waals surface area contributed by atoms with Crippen molar-refractivity contribution in [3.63, 3.8) is 0 Å². The Morgan fingerprint density at radius 1 is 1.29 bits per heavy atom. The van der Waals surface area contributed by atoms with E-state index in [2.05, 4.69) is 4.72 Å². The Balaban J connectivity index is 2.25. The maximum Gasteiger partial charge on any atom is 0.335 e. The fourth-order valence-corrected chi connectivity index (χ4v) is 3.20. The lowest BCUT2D eigenvalue weighted by atomic mass is 10.1. The number of sulfonamides is 1. The minimum absolute atomic E-state index is 0.0563. The number of carbonyl (C=O) groups is 1. The molecule has 8 heteroatoms. The normalized spacial score (nSPS) is 10.8. The molecular weight excluding hydrogens is 332 g/mol. The Labute approximate surface area is 139 Å². The van der Waals surface area contributed by atoms with Crippen LogP contribution in [0.15, 0.2) is 47.4 Å². The van der Waals surface area contributed by atoms with Gasteiger partial charge in [0.2, 0.25) is 10.0 Å². The van der Waals surface area contributed by atoms with Crippen LogP contribution in [0.25, 0.3) is 0 Å². The molecule has 2 aromatic carbocycles. The van der Waals surface area contributed by atoms with Crippen molar-refractivity contribution in [3.8, 4) is 11.8 Å². The van der Waals surface area contributed by atoms with E-state index in [0.717, 1.165) is 0 Å². The Hall–Kier alpha value is -2.89. The van der Waals surface area contributed by atoms with E-state index >= 15 is 0 Å². The van der Waals surface area contributed by atoms with Gasteiger partial charge in [0.1, 0.15) is 10.6 Å². The molecule has 0 amide bonds. The first-order valence-corrected chi connectivity index (χ1v) is 8.25. The standard InChI is InChI=1S/C16H14N2O5S/c1-23-14-8-11(9-17)5-6-15(14)24(21,22)18-10-12-3-2-4-13(7-12)16(19)20/h2-8,18H,10H2,1H3,(H,19,20). The summed E-state index contributed by atoms with van der Waals surface area (Å²) >= 11 is 0. The van der Waals surface area contributed by atoms with Crippen LogP contribution in [0.4, 0.5) is 0 Å². The minimum Gasteiger partial charge on any atom is -0.495 e. The summed E-state index contributed by atoms with van der Waals surface area (Å²) in [6.07, 6.45) is 0. The number of aromatic carboxylic acids is 1. The number of ether oxygens (including phenoxy) is 1. The van der Waals surface area contributed by atoms with Crippen molar-refractivity contribution in [3.05, 3.63) is 59.2 Å². The van der Waals surface area contributed by atoms with Crippen LogP contribution in [0.1, 0.15) is 21.5 Å². The zero-order valence-corrected chi connectivity index (χ0v) is 13.5. The third-order valence-corrected chi connectivity index (χ3v) is 4.66. The van der Waals surface area contributed by atoms with E-state index in [1.165, 1.54) is 43.5 Å². The molecule has 0 saturated heterocycles. The highest BCUT2D eigenvalue weighted by molar-refractivity contribution is 7.89. The second-order valence-electron chi connectivity index (χ2n) is 4.81. The molecule has 0 aliphatic heterocycles. The van der Waals surface area contributed by atoms with Crippen molar-refractivity contribution in [2.45, 2.75) is 11.4 Å². The number of rotatable bonds is 6. The average molecular weight is 346 g/mol. The van der Waals surface area contributed by atoms with Crippen LogP contribution in [0, 0.1) is 11.3 Å². The van der Waals surface area contributed by atoms with Gasteiger partial charge >= 0.3 is 5.97 Å². The van der Waals surface area contributed by atoms with Crippen LogP contribution in [-0.4, -0.2) is 26.6 Å². The van der Waals surface area contributed by atoms with E-state index in [0.29, 0.717) is 5.56 Å². The smallest absolute Gasteiger partial charge is 0.335 e. The van der Waals surface area contributed by atoms with Gasteiger partial charge in [0.25, 0.3) is 0 Å². The quantitative estimate of drug-likeness (QED) is 0.823. The second kappa shape index (κ2) is 7.12. The first-order chi connectivity index (χ1) is 11.4. The third-order valence-electron chi connectivity index (χ3n) is 3.22. The third kappa shape index (κ3) is 3.90. The molecule has 0 unspecified atom stereocenters. The number of nitrogens with zero attached hydrogens (tertiary/aromatic N) is 1. The lowest BCUT2D eigenvalue weighted by molar-refractivity contribution is 0.0696. The van der Waals surface area contributed by atoms with Crippen molar-refractivity contribution in [2.24, 2.45) is 0 Å².